The zero-order valence-corrected chi connectivity index (χ0v) is 21.3. The molecule has 2 aromatic heterocycles. The number of benzene rings is 1. The van der Waals surface area contributed by atoms with Gasteiger partial charge in [-0.25, -0.2) is 4.79 Å². The summed E-state index contributed by atoms with van der Waals surface area (Å²) in [5.74, 6) is -2.54. The Bertz CT molecular complexity index is 1250. The lowest BCUT2D eigenvalue weighted by Gasteiger charge is -2.22. The van der Waals surface area contributed by atoms with Crippen LogP contribution in [0.2, 0.25) is 0 Å². The number of halogens is 9. The van der Waals surface area contributed by atoms with Gasteiger partial charge < -0.3 is 14.2 Å². The van der Waals surface area contributed by atoms with Gasteiger partial charge in [-0.2, -0.15) is 49.5 Å². The van der Waals surface area contributed by atoms with Crippen molar-refractivity contribution in [2.24, 2.45) is 0 Å². The fraction of sp³-hybridized carbons (Fsp3) is 0.348. The monoisotopic (exact) mass is 618 g/mol. The lowest BCUT2D eigenvalue weighted by Crippen LogP contribution is -2.38. The molecule has 0 bridgehead atoms. The van der Waals surface area contributed by atoms with Gasteiger partial charge in [0.15, 0.2) is 13.2 Å². The van der Waals surface area contributed by atoms with Gasteiger partial charge in [-0.15, -0.1) is 11.3 Å². The third kappa shape index (κ3) is 10.9. The number of hydrogen-bond acceptors (Lipinski definition) is 7. The van der Waals surface area contributed by atoms with E-state index in [9.17, 15) is 44.3 Å². The van der Waals surface area contributed by atoms with E-state index in [0.717, 1.165) is 11.6 Å². The van der Waals surface area contributed by atoms with Crippen LogP contribution >= 0.6 is 11.3 Å². The first kappa shape index (κ1) is 31.7. The number of carbonyl (C=O) groups excluding carboxylic acids is 1. The molecule has 1 aromatic carbocycles. The summed E-state index contributed by atoms with van der Waals surface area (Å²) in [6, 6.07) is 9.73. The highest BCUT2D eigenvalue weighted by Crippen LogP contribution is 2.37. The molecular formula is C23H19F9N4O4S. The van der Waals surface area contributed by atoms with E-state index < -0.39 is 66.9 Å². The van der Waals surface area contributed by atoms with Crippen LogP contribution in [-0.4, -0.2) is 54.7 Å². The molecule has 1 N–H and O–H groups in total. The molecule has 0 aliphatic rings. The largest absolute Gasteiger partial charge is 0.468 e. The minimum Gasteiger partial charge on any atom is -0.468 e. The smallest absolute Gasteiger partial charge is 0.425 e. The van der Waals surface area contributed by atoms with E-state index >= 15 is 0 Å². The predicted molar refractivity (Wildman–Crippen MR) is 127 cm³/mol. The standard InChI is InChI=1S/C23H19F9N4O4S/c24-21(25,26)12-39-16-10-17(40-13-22(27,28)29)34-19(33-16)36(8-9-38-11-14-4-2-1-3-5-14)20(37)35-18-7-6-15(41-18)23(30,31)32/h1-7,10H,8-9,11-13H2,(H,35,37). The maximum absolute atomic E-state index is 13.1. The second kappa shape index (κ2) is 13.2. The van der Waals surface area contributed by atoms with Crippen LogP contribution in [0.4, 0.5) is 55.3 Å². The van der Waals surface area contributed by atoms with Crippen molar-refractivity contribution >= 4 is 28.3 Å². The first-order chi connectivity index (χ1) is 19.1. The molecule has 8 nitrogen and oxygen atoms in total. The maximum atomic E-state index is 13.1. The molecule has 224 valence electrons. The molecule has 41 heavy (non-hydrogen) atoms. The number of rotatable bonds is 11. The minimum atomic E-state index is -4.85. The topological polar surface area (TPSA) is 85.8 Å². The lowest BCUT2D eigenvalue weighted by atomic mass is 10.2. The number of nitrogens with zero attached hydrogens (tertiary/aromatic N) is 3. The molecule has 0 aliphatic heterocycles. The molecule has 18 heteroatoms. The zero-order valence-electron chi connectivity index (χ0n) is 20.4. The Labute approximate surface area is 229 Å². The average molecular weight is 618 g/mol. The SMILES string of the molecule is O=C(Nc1ccc(C(F)(F)F)s1)N(CCOCc1ccccc1)c1nc(OCC(F)(F)F)cc(OCC(F)(F)F)n1. The van der Waals surface area contributed by atoms with Crippen LogP contribution in [0.15, 0.2) is 48.5 Å². The highest BCUT2D eigenvalue weighted by molar-refractivity contribution is 7.16. The fourth-order valence-corrected chi connectivity index (χ4v) is 3.68. The predicted octanol–water partition coefficient (Wildman–Crippen LogP) is 6.69. The molecule has 0 radical (unpaired) electrons. The molecule has 0 saturated heterocycles. The van der Waals surface area contributed by atoms with Crippen molar-refractivity contribution in [2.45, 2.75) is 25.1 Å². The van der Waals surface area contributed by atoms with Crippen molar-refractivity contribution in [1.29, 1.82) is 0 Å². The van der Waals surface area contributed by atoms with Crippen molar-refractivity contribution in [3.05, 3.63) is 59.0 Å². The minimum absolute atomic E-state index is 0.0612. The lowest BCUT2D eigenvalue weighted by molar-refractivity contribution is -0.154. The normalized spacial score (nSPS) is 12.2. The number of hydrogen-bond donors (Lipinski definition) is 1. The molecule has 0 aliphatic carbocycles. The van der Waals surface area contributed by atoms with Gasteiger partial charge in [0.25, 0.3) is 0 Å². The summed E-state index contributed by atoms with van der Waals surface area (Å²) in [7, 11) is 0. The molecular weight excluding hydrogens is 599 g/mol. The molecule has 0 atom stereocenters. The number of anilines is 2. The summed E-state index contributed by atoms with van der Waals surface area (Å²) in [5, 5.41) is 1.90. The van der Waals surface area contributed by atoms with E-state index in [-0.39, 0.29) is 29.6 Å². The van der Waals surface area contributed by atoms with Crippen LogP contribution < -0.4 is 19.7 Å². The van der Waals surface area contributed by atoms with Crippen molar-refractivity contribution in [1.82, 2.24) is 9.97 Å². The Morgan fingerprint density at radius 2 is 1.44 bits per heavy atom. The summed E-state index contributed by atoms with van der Waals surface area (Å²) >= 11 is 0.179. The molecule has 2 amide bonds. The second-order valence-corrected chi connectivity index (χ2v) is 9.02. The fourth-order valence-electron chi connectivity index (χ4n) is 2.92. The van der Waals surface area contributed by atoms with Crippen LogP contribution in [0.25, 0.3) is 0 Å². The van der Waals surface area contributed by atoms with Gasteiger partial charge in [-0.05, 0) is 17.7 Å². The van der Waals surface area contributed by atoms with E-state index in [1.165, 1.54) is 0 Å². The van der Waals surface area contributed by atoms with E-state index in [4.69, 9.17) is 4.74 Å². The van der Waals surface area contributed by atoms with Gasteiger partial charge in [-0.1, -0.05) is 30.3 Å². The first-order valence-electron chi connectivity index (χ1n) is 11.2. The Balaban J connectivity index is 1.88. The third-order valence-electron chi connectivity index (χ3n) is 4.61. The van der Waals surface area contributed by atoms with Crippen molar-refractivity contribution in [2.75, 3.05) is 36.6 Å². The number of thiophene rings is 1. The van der Waals surface area contributed by atoms with Crippen LogP contribution in [0.3, 0.4) is 0 Å². The number of amides is 2. The van der Waals surface area contributed by atoms with E-state index in [0.29, 0.717) is 17.0 Å². The number of nitrogens with one attached hydrogen (secondary N) is 1. The third-order valence-corrected chi connectivity index (χ3v) is 5.65. The maximum Gasteiger partial charge on any atom is 0.425 e. The van der Waals surface area contributed by atoms with Crippen molar-refractivity contribution in [3.63, 3.8) is 0 Å². The zero-order chi connectivity index (χ0) is 30.3. The highest BCUT2D eigenvalue weighted by atomic mass is 32.1. The summed E-state index contributed by atoms with van der Waals surface area (Å²) in [6.45, 7) is -4.40. The molecule has 0 spiro atoms. The van der Waals surface area contributed by atoms with E-state index in [1.54, 1.807) is 30.3 Å². The number of carbonyl (C=O) groups is 1. The van der Waals surface area contributed by atoms with Gasteiger partial charge >= 0.3 is 24.6 Å². The number of aromatic nitrogens is 2. The Hall–Kier alpha value is -3.80. The first-order valence-corrected chi connectivity index (χ1v) is 12.1. The van der Waals surface area contributed by atoms with Crippen LogP contribution in [0.1, 0.15) is 10.4 Å². The summed E-state index contributed by atoms with van der Waals surface area (Å²) in [4.78, 5) is 20.0. The molecule has 3 rings (SSSR count). The Morgan fingerprint density at radius 1 is 0.854 bits per heavy atom. The Kier molecular flexibility index (Phi) is 10.2. The quantitative estimate of drug-likeness (QED) is 0.190. The summed E-state index contributed by atoms with van der Waals surface area (Å²) in [5.41, 5.74) is 0.739. The Morgan fingerprint density at radius 3 is 1.95 bits per heavy atom. The van der Waals surface area contributed by atoms with Gasteiger partial charge in [0, 0.05) is 0 Å². The molecule has 0 unspecified atom stereocenters. The van der Waals surface area contributed by atoms with Gasteiger partial charge in [0.05, 0.1) is 30.8 Å². The summed E-state index contributed by atoms with van der Waals surface area (Å²) in [6.07, 6.45) is -14.4. The van der Waals surface area contributed by atoms with E-state index in [1.807, 2.05) is 0 Å². The number of ether oxygens (including phenoxy) is 3. The van der Waals surface area contributed by atoms with Crippen LogP contribution in [0, 0.1) is 0 Å². The molecule has 0 saturated carbocycles. The van der Waals surface area contributed by atoms with Gasteiger partial charge in [0.1, 0.15) is 4.88 Å². The van der Waals surface area contributed by atoms with E-state index in [2.05, 4.69) is 24.8 Å². The van der Waals surface area contributed by atoms with Crippen LogP contribution in [0.5, 0.6) is 11.8 Å². The van der Waals surface area contributed by atoms with Gasteiger partial charge in [0.2, 0.25) is 17.7 Å². The summed E-state index contributed by atoms with van der Waals surface area (Å²) < 4.78 is 130. The average Bonchev–Trinajstić information content (AvgIpc) is 3.35. The molecule has 3 aromatic rings. The molecule has 0 fully saturated rings. The van der Waals surface area contributed by atoms with Gasteiger partial charge in [-0.3, -0.25) is 10.2 Å². The number of urea groups is 1. The number of alkyl halides is 9. The van der Waals surface area contributed by atoms with Crippen LogP contribution in [-0.2, 0) is 17.5 Å². The van der Waals surface area contributed by atoms with Crippen molar-refractivity contribution in [3.8, 4) is 11.8 Å². The second-order valence-electron chi connectivity index (χ2n) is 7.93. The van der Waals surface area contributed by atoms with Crippen molar-refractivity contribution < 1.29 is 58.5 Å². The highest BCUT2D eigenvalue weighted by Gasteiger charge is 2.34. The molecule has 2 heterocycles.